The molecule has 3 aromatic carbocycles. The van der Waals surface area contributed by atoms with E-state index in [1.165, 1.54) is 19.1 Å². The van der Waals surface area contributed by atoms with Crippen molar-refractivity contribution in [3.8, 4) is 11.3 Å². The summed E-state index contributed by atoms with van der Waals surface area (Å²) in [7, 11) is 0. The number of carbonyl (C=O) groups is 2. The van der Waals surface area contributed by atoms with Gasteiger partial charge in [-0.3, -0.25) is 9.59 Å². The molecule has 35 heavy (non-hydrogen) atoms. The lowest BCUT2D eigenvalue weighted by atomic mass is 10.0. The van der Waals surface area contributed by atoms with Crippen molar-refractivity contribution >= 4 is 33.8 Å². The minimum Gasteiger partial charge on any atom is -0.322 e. The van der Waals surface area contributed by atoms with Crippen molar-refractivity contribution in [2.45, 2.75) is 13.1 Å². The van der Waals surface area contributed by atoms with Crippen LogP contribution in [-0.4, -0.2) is 26.3 Å². The number of ketones is 1. The fourth-order valence-electron chi connectivity index (χ4n) is 3.90. The first-order valence-corrected chi connectivity index (χ1v) is 10.6. The number of hydrogen-bond donors (Lipinski definition) is 1. The van der Waals surface area contributed by atoms with Gasteiger partial charge >= 0.3 is 6.18 Å². The number of benzene rings is 3. The number of nitrogens with one attached hydrogen (secondary N) is 1. The summed E-state index contributed by atoms with van der Waals surface area (Å²) in [6, 6.07) is 19.7. The minimum absolute atomic E-state index is 0.0713. The molecule has 0 radical (unpaired) electrons. The highest BCUT2D eigenvalue weighted by Crippen LogP contribution is 2.35. The lowest BCUT2D eigenvalue weighted by Gasteiger charge is -2.13. The molecule has 2 aromatic heterocycles. The molecule has 174 valence electrons. The third-order valence-corrected chi connectivity index (χ3v) is 5.62. The standard InChI is InChI=1S/C26H17F3N4O2/c1-15(34)16-9-11-18(12-10-16)31-25(35)21-14-30-33-23(26(27,28)29)13-22(32-24(21)33)20-8-4-6-17-5-2-3-7-19(17)20/h2-14H,1H3,(H,31,35). The van der Waals surface area contributed by atoms with Crippen molar-refractivity contribution in [2.24, 2.45) is 0 Å². The number of rotatable bonds is 4. The second-order valence-corrected chi connectivity index (χ2v) is 7.93. The van der Waals surface area contributed by atoms with Gasteiger partial charge in [-0.2, -0.15) is 18.3 Å². The molecular formula is C26H17F3N4O2. The highest BCUT2D eigenvalue weighted by atomic mass is 19.4. The third kappa shape index (κ3) is 4.12. The van der Waals surface area contributed by atoms with Crippen molar-refractivity contribution in [1.29, 1.82) is 0 Å². The van der Waals surface area contributed by atoms with E-state index in [9.17, 15) is 22.8 Å². The number of carbonyl (C=O) groups excluding carboxylic acids is 2. The molecule has 1 N–H and O–H groups in total. The normalized spacial score (nSPS) is 11.7. The van der Waals surface area contributed by atoms with Gasteiger partial charge in [-0.25, -0.2) is 9.50 Å². The van der Waals surface area contributed by atoms with Gasteiger partial charge in [0.25, 0.3) is 5.91 Å². The maximum Gasteiger partial charge on any atom is 0.433 e. The predicted octanol–water partition coefficient (Wildman–Crippen LogP) is 6.02. The van der Waals surface area contributed by atoms with E-state index in [4.69, 9.17) is 0 Å². The Kier molecular flexibility index (Phi) is 5.32. The Morgan fingerprint density at radius 2 is 1.66 bits per heavy atom. The molecule has 0 fully saturated rings. The molecule has 5 aromatic rings. The highest BCUT2D eigenvalue weighted by Gasteiger charge is 2.36. The van der Waals surface area contributed by atoms with Gasteiger partial charge in [0.1, 0.15) is 5.56 Å². The number of halogens is 3. The smallest absolute Gasteiger partial charge is 0.322 e. The fourth-order valence-corrected chi connectivity index (χ4v) is 3.90. The molecule has 0 unspecified atom stereocenters. The van der Waals surface area contributed by atoms with Gasteiger partial charge in [0, 0.05) is 16.8 Å². The van der Waals surface area contributed by atoms with E-state index in [2.05, 4.69) is 15.4 Å². The maximum absolute atomic E-state index is 14.0. The summed E-state index contributed by atoms with van der Waals surface area (Å²) in [5.74, 6) is -0.804. The first kappa shape index (κ1) is 22.3. The van der Waals surface area contributed by atoms with E-state index in [1.54, 1.807) is 36.4 Å². The second-order valence-electron chi connectivity index (χ2n) is 7.93. The molecule has 5 rings (SSSR count). The van der Waals surface area contributed by atoms with Crippen molar-refractivity contribution in [2.75, 3.05) is 5.32 Å². The molecule has 0 aliphatic carbocycles. The molecule has 0 saturated heterocycles. The van der Waals surface area contributed by atoms with Gasteiger partial charge in [0.05, 0.1) is 11.9 Å². The van der Waals surface area contributed by atoms with E-state index in [-0.39, 0.29) is 22.7 Å². The third-order valence-electron chi connectivity index (χ3n) is 5.62. The molecule has 0 atom stereocenters. The molecule has 9 heteroatoms. The number of alkyl halides is 3. The van der Waals surface area contributed by atoms with Gasteiger partial charge in [-0.05, 0) is 48.0 Å². The molecule has 0 spiro atoms. The Labute approximate surface area is 197 Å². The van der Waals surface area contributed by atoms with Crippen LogP contribution in [-0.2, 0) is 6.18 Å². The number of hydrogen-bond acceptors (Lipinski definition) is 4. The number of nitrogens with zero attached hydrogens (tertiary/aromatic N) is 3. The SMILES string of the molecule is CC(=O)c1ccc(NC(=O)c2cnn3c(C(F)(F)F)cc(-c4cccc5ccccc45)nc23)cc1. The van der Waals surface area contributed by atoms with E-state index in [0.29, 0.717) is 21.3 Å². The average molecular weight is 474 g/mol. The first-order valence-electron chi connectivity index (χ1n) is 10.6. The number of fused-ring (bicyclic) bond motifs is 2. The number of Topliss-reactive ketones (excluding diaryl/α,β-unsaturated/α-hetero) is 1. The molecule has 0 aliphatic heterocycles. The van der Waals surface area contributed by atoms with Crippen LogP contribution in [0.3, 0.4) is 0 Å². The van der Waals surface area contributed by atoms with Crippen LogP contribution in [0.4, 0.5) is 18.9 Å². The van der Waals surface area contributed by atoms with Crippen LogP contribution >= 0.6 is 0 Å². The Bertz CT molecular complexity index is 1600. The molecule has 0 bridgehead atoms. The number of amides is 1. The van der Waals surface area contributed by atoms with Crippen LogP contribution in [0.2, 0.25) is 0 Å². The number of anilines is 1. The molecule has 1 amide bonds. The van der Waals surface area contributed by atoms with Gasteiger partial charge in [-0.15, -0.1) is 0 Å². The summed E-state index contributed by atoms with van der Waals surface area (Å²) in [6.45, 7) is 1.42. The molecular weight excluding hydrogens is 457 g/mol. The summed E-state index contributed by atoms with van der Waals surface area (Å²) in [5, 5.41) is 8.02. The van der Waals surface area contributed by atoms with Crippen LogP contribution in [0, 0.1) is 0 Å². The Balaban J connectivity index is 1.63. The average Bonchev–Trinajstić information content (AvgIpc) is 3.27. The van der Waals surface area contributed by atoms with E-state index >= 15 is 0 Å². The molecule has 0 aliphatic rings. The zero-order valence-electron chi connectivity index (χ0n) is 18.3. The van der Waals surface area contributed by atoms with E-state index in [0.717, 1.165) is 23.0 Å². The van der Waals surface area contributed by atoms with Crippen LogP contribution in [0.5, 0.6) is 0 Å². The van der Waals surface area contributed by atoms with Crippen LogP contribution in [0.25, 0.3) is 27.7 Å². The predicted molar refractivity (Wildman–Crippen MR) is 125 cm³/mol. The lowest BCUT2D eigenvalue weighted by Crippen LogP contribution is -2.16. The zero-order valence-corrected chi connectivity index (χ0v) is 18.3. The quantitative estimate of drug-likeness (QED) is 0.323. The fraction of sp³-hybridized carbons (Fsp3) is 0.0769. The summed E-state index contributed by atoms with van der Waals surface area (Å²) < 4.78 is 42.5. The van der Waals surface area contributed by atoms with Crippen molar-refractivity contribution in [3.63, 3.8) is 0 Å². The van der Waals surface area contributed by atoms with Gasteiger partial charge in [0.15, 0.2) is 17.1 Å². The molecule has 0 saturated carbocycles. The topological polar surface area (TPSA) is 76.4 Å². The van der Waals surface area contributed by atoms with Gasteiger partial charge < -0.3 is 5.32 Å². The first-order chi connectivity index (χ1) is 16.7. The Morgan fingerprint density at radius 1 is 0.943 bits per heavy atom. The molecule has 2 heterocycles. The van der Waals surface area contributed by atoms with Crippen molar-refractivity contribution < 1.29 is 22.8 Å². The summed E-state index contributed by atoms with van der Waals surface area (Å²) in [6.07, 6.45) is -3.67. The van der Waals surface area contributed by atoms with Gasteiger partial charge in [0.2, 0.25) is 0 Å². The van der Waals surface area contributed by atoms with E-state index < -0.39 is 17.8 Å². The van der Waals surface area contributed by atoms with Crippen LogP contribution in [0.15, 0.2) is 79.0 Å². The monoisotopic (exact) mass is 474 g/mol. The lowest BCUT2D eigenvalue weighted by molar-refractivity contribution is -0.142. The minimum atomic E-state index is -4.73. The maximum atomic E-state index is 14.0. The second kappa shape index (κ2) is 8.35. The summed E-state index contributed by atoms with van der Waals surface area (Å²) in [5.41, 5.74) is 0.0328. The molecule has 6 nitrogen and oxygen atoms in total. The van der Waals surface area contributed by atoms with Crippen LogP contribution < -0.4 is 5.32 Å². The summed E-state index contributed by atoms with van der Waals surface area (Å²) >= 11 is 0. The van der Waals surface area contributed by atoms with Crippen LogP contribution in [0.1, 0.15) is 33.3 Å². The number of aromatic nitrogens is 3. The van der Waals surface area contributed by atoms with Gasteiger partial charge in [-0.1, -0.05) is 42.5 Å². The van der Waals surface area contributed by atoms with E-state index in [1.807, 2.05) is 18.2 Å². The largest absolute Gasteiger partial charge is 0.433 e. The Morgan fingerprint density at radius 3 is 2.37 bits per heavy atom. The van der Waals surface area contributed by atoms with Crippen molar-refractivity contribution in [3.05, 3.63) is 95.8 Å². The Hall–Kier alpha value is -4.53. The highest BCUT2D eigenvalue weighted by molar-refractivity contribution is 6.08. The summed E-state index contributed by atoms with van der Waals surface area (Å²) in [4.78, 5) is 28.9. The van der Waals surface area contributed by atoms with Crippen molar-refractivity contribution in [1.82, 2.24) is 14.6 Å². The zero-order chi connectivity index (χ0) is 24.7.